The zero-order valence-electron chi connectivity index (χ0n) is 43.3. The van der Waals surface area contributed by atoms with Gasteiger partial charge in [-0.05, 0) is 59.8 Å². The SMILES string of the molecule is O=S(=O)([O-])c1ccc(SOO[O-])c(Nc2nc(Nc3ccc(/C=C/c4[c-]cc(Nc5nc(Nc6cc(S(=O)(=O)[O-])ccc6S(=O)(=O)[O-])nc(N6CCOCC6)n5)cc4)c(S(=O)(=O)[O-])c3)nc(N3CCOCC3)n2)c1.[Na+].[Na+].[Na+].[Na+].[Na+].[Na+]. The van der Waals surface area contributed by atoms with Gasteiger partial charge in [-0.3, -0.25) is 5.04 Å². The van der Waals surface area contributed by atoms with Crippen molar-refractivity contribution in [3.05, 3.63) is 90.0 Å². The van der Waals surface area contributed by atoms with Crippen molar-refractivity contribution in [1.82, 2.24) is 29.9 Å². The molecule has 4 N–H and O–H groups in total. The van der Waals surface area contributed by atoms with E-state index in [0.717, 1.165) is 18.2 Å². The summed E-state index contributed by atoms with van der Waals surface area (Å²) in [7, 11) is -20.4. The van der Waals surface area contributed by atoms with Crippen LogP contribution in [0.15, 0.2) is 97.3 Å². The summed E-state index contributed by atoms with van der Waals surface area (Å²) >= 11 is 0.383. The number of morpholine rings is 2. The van der Waals surface area contributed by atoms with E-state index in [2.05, 4.69) is 66.6 Å². The van der Waals surface area contributed by atoms with Crippen LogP contribution in [0.2, 0.25) is 0 Å². The molecule has 40 heteroatoms. The van der Waals surface area contributed by atoms with E-state index in [1.807, 2.05) is 0 Å². The normalized spacial score (nSPS) is 13.7. The first-order valence-electron chi connectivity index (χ1n) is 20.9. The summed E-state index contributed by atoms with van der Waals surface area (Å²) in [6.07, 6.45) is 2.82. The Kier molecular flexibility index (Phi) is 31.4. The Morgan fingerprint density at radius 2 is 0.988 bits per heavy atom. The summed E-state index contributed by atoms with van der Waals surface area (Å²) in [6.45, 7) is 2.61. The first kappa shape index (κ1) is 75.3. The van der Waals surface area contributed by atoms with Crippen LogP contribution in [0.1, 0.15) is 11.1 Å². The molecule has 0 spiro atoms. The number of rotatable bonds is 19. The van der Waals surface area contributed by atoms with Gasteiger partial charge in [0.1, 0.15) is 40.5 Å². The van der Waals surface area contributed by atoms with Crippen molar-refractivity contribution in [1.29, 1.82) is 0 Å². The Balaban J connectivity index is 0.00000364. The molecule has 4 heterocycles. The predicted octanol–water partition coefficient (Wildman–Crippen LogP) is -16.5. The zero-order valence-corrected chi connectivity index (χ0v) is 59.4. The van der Waals surface area contributed by atoms with Crippen LogP contribution >= 0.6 is 12.0 Å². The standard InChI is InChI=1S/C40H39N12O17S5.6Na/c53-68-69-70-32-11-9-28(71(54,55)56)22-30(32)43-37-46-36(48-40(49-37)52-15-19-67-20-16-52)42-27-8-5-25(34(21-27)74(63,64)65)4-1-24-2-6-26(7-3-24)41-35-45-38(50-39(47-35)51-13-17-66-18-14-51)44-31-23-29(72(57,58)59)10-12-33(31)73(60,61)62;;;;;;/h1-2,4-12,21-23,53H,13-20H2,(H,54,55,56)(H,57,58,59)(H,60,61,62)(H,63,64,65)(H2,41,44,45,47,50)(H2,42,43,46,48,49);;;;;;/q-1;6*+1/p-5/b4-1+;;;;;;. The molecule has 0 aliphatic carbocycles. The zero-order chi connectivity index (χ0) is 52.8. The number of anilines is 10. The van der Waals surface area contributed by atoms with E-state index in [4.69, 9.17) is 9.47 Å². The molecule has 0 amide bonds. The molecule has 4 aromatic carbocycles. The van der Waals surface area contributed by atoms with Crippen LogP contribution in [0.4, 0.5) is 58.4 Å². The minimum absolute atomic E-state index is 0. The van der Waals surface area contributed by atoms with E-state index in [0.29, 0.717) is 94.1 Å². The van der Waals surface area contributed by atoms with Gasteiger partial charge < -0.3 is 64.0 Å². The Morgan fingerprint density at radius 1 is 0.525 bits per heavy atom. The third kappa shape index (κ3) is 21.3. The van der Waals surface area contributed by atoms with Gasteiger partial charge in [-0.1, -0.05) is 12.1 Å². The van der Waals surface area contributed by atoms with Crippen LogP contribution in [0.25, 0.3) is 12.2 Å². The molecule has 80 heavy (non-hydrogen) atoms. The molecule has 8 rings (SSSR count). The Bertz CT molecular complexity index is 3580. The smallest absolute Gasteiger partial charge is 0.744 e. The van der Waals surface area contributed by atoms with Crippen LogP contribution in [-0.2, 0) is 59.3 Å². The number of hydrogen-bond donors (Lipinski definition) is 4. The van der Waals surface area contributed by atoms with Gasteiger partial charge >= 0.3 is 177 Å². The summed E-state index contributed by atoms with van der Waals surface area (Å²) in [5.41, 5.74) is 0.0604. The Morgan fingerprint density at radius 3 is 1.46 bits per heavy atom. The number of benzene rings is 4. The maximum Gasteiger partial charge on any atom is 1.00 e. The van der Waals surface area contributed by atoms with Crippen LogP contribution in [-0.4, -0.2) is 134 Å². The number of nitrogens with zero attached hydrogens (tertiary/aromatic N) is 8. The minimum atomic E-state index is -5.20. The molecule has 2 aromatic heterocycles. The maximum absolute atomic E-state index is 12.7. The van der Waals surface area contributed by atoms with E-state index < -0.39 is 65.7 Å². The molecule has 2 saturated heterocycles. The summed E-state index contributed by atoms with van der Waals surface area (Å²) in [4.78, 5) is 26.7. The van der Waals surface area contributed by atoms with Crippen molar-refractivity contribution in [3.63, 3.8) is 0 Å². The van der Waals surface area contributed by atoms with Crippen molar-refractivity contribution in [2.45, 2.75) is 24.5 Å². The van der Waals surface area contributed by atoms with E-state index in [-0.39, 0.29) is 235 Å². The van der Waals surface area contributed by atoms with Gasteiger partial charge in [0.15, 0.2) is 0 Å². The maximum atomic E-state index is 12.7. The quantitative estimate of drug-likeness (QED) is 0.0111. The van der Waals surface area contributed by atoms with Crippen molar-refractivity contribution in [3.8, 4) is 0 Å². The topological polar surface area (TPSA) is 421 Å². The van der Waals surface area contributed by atoms with Crippen molar-refractivity contribution in [2.75, 3.05) is 83.7 Å². The molecule has 392 valence electrons. The van der Waals surface area contributed by atoms with Crippen LogP contribution < -0.4 is 214 Å². The van der Waals surface area contributed by atoms with Crippen molar-refractivity contribution < 1.29 is 253 Å². The second kappa shape index (κ2) is 33.4. The van der Waals surface area contributed by atoms with E-state index in [1.54, 1.807) is 21.9 Å². The average molecular weight is 1250 g/mol. The van der Waals surface area contributed by atoms with Crippen LogP contribution in [0.5, 0.6) is 0 Å². The van der Waals surface area contributed by atoms with Gasteiger partial charge in [-0.2, -0.15) is 39.8 Å². The molecule has 2 aliphatic rings. The predicted molar refractivity (Wildman–Crippen MR) is 252 cm³/mol. The molecule has 2 fully saturated rings. The molecule has 0 atom stereocenters. The molecule has 2 aliphatic heterocycles. The molecular weight excluding hydrogens is 1220 g/mol. The minimum Gasteiger partial charge on any atom is -0.744 e. The fourth-order valence-electron chi connectivity index (χ4n) is 6.89. The third-order valence-corrected chi connectivity index (χ3v) is 14.4. The average Bonchev–Trinajstić information content (AvgIpc) is 3.35. The van der Waals surface area contributed by atoms with Crippen LogP contribution in [0, 0.1) is 6.07 Å². The Labute approximate surface area is 595 Å². The van der Waals surface area contributed by atoms with E-state index >= 15 is 0 Å². The molecule has 0 saturated carbocycles. The van der Waals surface area contributed by atoms with Gasteiger partial charge in [0.25, 0.3) is 0 Å². The second-order valence-electron chi connectivity index (χ2n) is 15.2. The van der Waals surface area contributed by atoms with Gasteiger partial charge in [0.05, 0.1) is 74.3 Å². The van der Waals surface area contributed by atoms with Crippen molar-refractivity contribution in [2.24, 2.45) is 0 Å². The molecular formula is C40H34N12Na6O17S5. The number of aromatic nitrogens is 6. The van der Waals surface area contributed by atoms with E-state index in [1.165, 1.54) is 36.4 Å². The Hall–Kier alpha value is -0.770. The fraction of sp³-hybridized carbons (Fsp3) is 0.200. The van der Waals surface area contributed by atoms with Crippen molar-refractivity contribution >= 4 is 123 Å². The monoisotopic (exact) mass is 1250 g/mol. The van der Waals surface area contributed by atoms with Gasteiger partial charge in [0, 0.05) is 31.9 Å². The molecule has 6 aromatic rings. The number of ether oxygens (including phenoxy) is 2. The summed E-state index contributed by atoms with van der Waals surface area (Å²) < 4.78 is 160. The molecule has 0 bridgehead atoms. The van der Waals surface area contributed by atoms with Gasteiger partial charge in [0.2, 0.25) is 35.7 Å². The number of nitrogens with one attached hydrogen (secondary N) is 4. The first-order chi connectivity index (χ1) is 35.1. The van der Waals surface area contributed by atoms with E-state index in [9.17, 15) is 57.1 Å². The second-order valence-corrected chi connectivity index (χ2v) is 21.4. The summed E-state index contributed by atoms with van der Waals surface area (Å²) in [6, 6.07) is 16.5. The molecule has 0 radical (unpaired) electrons. The summed E-state index contributed by atoms with van der Waals surface area (Å²) in [5, 5.41) is 25.1. The summed E-state index contributed by atoms with van der Waals surface area (Å²) in [5.74, 6) is -0.694. The molecule has 0 unspecified atom stereocenters. The van der Waals surface area contributed by atoms with Gasteiger partial charge in [-0.15, -0.1) is 30.3 Å². The largest absolute Gasteiger partial charge is 1.00 e. The fourth-order valence-corrected chi connectivity index (χ4v) is 9.62. The molecule has 29 nitrogen and oxygen atoms in total. The first-order valence-corrected chi connectivity index (χ1v) is 27.3. The number of hydrogen-bond acceptors (Lipinski definition) is 30. The van der Waals surface area contributed by atoms with Gasteiger partial charge in [-0.25, -0.2) is 33.7 Å². The third-order valence-electron chi connectivity index (χ3n) is 10.3. The van der Waals surface area contributed by atoms with Crippen LogP contribution in [0.3, 0.4) is 0 Å².